The Balaban J connectivity index is 1.98. The molecule has 1 heterocycles. The van der Waals surface area contributed by atoms with Gasteiger partial charge in [0.1, 0.15) is 0 Å². The second kappa shape index (κ2) is 8.10. The highest BCUT2D eigenvalue weighted by Crippen LogP contribution is 2.20. The molecule has 6 nitrogen and oxygen atoms in total. The Labute approximate surface area is 141 Å². The summed E-state index contributed by atoms with van der Waals surface area (Å²) in [6, 6.07) is 6.11. The van der Waals surface area contributed by atoms with Crippen molar-refractivity contribution in [3.8, 4) is 0 Å². The Bertz CT molecular complexity index is 627. The first-order valence-electron chi connectivity index (χ1n) is 7.44. The molecule has 8 heteroatoms. The Hall–Kier alpha value is -1.15. The predicted octanol–water partition coefficient (Wildman–Crippen LogP) is 1.62. The molecule has 1 aromatic rings. The number of carbonyl (C=O) groups is 1. The number of hydrogen-bond donors (Lipinski definition) is 2. The monoisotopic (exact) mass is 360 g/mol. The lowest BCUT2D eigenvalue weighted by Gasteiger charge is -2.18. The van der Waals surface area contributed by atoms with Gasteiger partial charge in [0, 0.05) is 24.6 Å². The first-order chi connectivity index (χ1) is 10.8. The number of hydrogen-bond acceptors (Lipinski definition) is 4. The van der Waals surface area contributed by atoms with E-state index in [0.29, 0.717) is 17.1 Å². The van der Waals surface area contributed by atoms with Crippen LogP contribution in [0.1, 0.15) is 30.9 Å². The average molecular weight is 361 g/mol. The lowest BCUT2D eigenvalue weighted by Crippen LogP contribution is -2.36. The van der Waals surface area contributed by atoms with Gasteiger partial charge in [-0.15, -0.1) is 0 Å². The highest BCUT2D eigenvalue weighted by atomic mass is 35.5. The van der Waals surface area contributed by atoms with Crippen molar-refractivity contribution in [1.82, 2.24) is 10.0 Å². The molecule has 0 spiro atoms. The van der Waals surface area contributed by atoms with Crippen LogP contribution >= 0.6 is 11.6 Å². The molecule has 1 saturated heterocycles. The third kappa shape index (κ3) is 6.47. The SMILES string of the molecule is CS(=O)(=O)N[C@@H](CC(=O)NC[C@@H]1CCCO1)c1ccc(Cl)cc1. The summed E-state index contributed by atoms with van der Waals surface area (Å²) in [5.41, 5.74) is 0.687. The van der Waals surface area contributed by atoms with Crippen molar-refractivity contribution in [1.29, 1.82) is 0 Å². The van der Waals surface area contributed by atoms with Crippen LogP contribution in [0, 0.1) is 0 Å². The summed E-state index contributed by atoms with van der Waals surface area (Å²) in [4.78, 5) is 12.1. The fourth-order valence-corrected chi connectivity index (χ4v) is 3.33. The van der Waals surface area contributed by atoms with Gasteiger partial charge in [0.05, 0.1) is 18.4 Å². The number of sulfonamides is 1. The highest BCUT2D eigenvalue weighted by Gasteiger charge is 2.21. The number of nitrogens with one attached hydrogen (secondary N) is 2. The fourth-order valence-electron chi connectivity index (χ4n) is 2.47. The third-order valence-electron chi connectivity index (χ3n) is 3.57. The van der Waals surface area contributed by atoms with Crippen LogP contribution < -0.4 is 10.0 Å². The highest BCUT2D eigenvalue weighted by molar-refractivity contribution is 7.88. The largest absolute Gasteiger partial charge is 0.376 e. The summed E-state index contributed by atoms with van der Waals surface area (Å²) < 4.78 is 31.0. The molecule has 1 aliphatic heterocycles. The van der Waals surface area contributed by atoms with Crippen LogP contribution in [0.25, 0.3) is 0 Å². The van der Waals surface area contributed by atoms with Gasteiger partial charge >= 0.3 is 0 Å². The van der Waals surface area contributed by atoms with Gasteiger partial charge in [-0.05, 0) is 30.5 Å². The molecule has 1 aromatic carbocycles. The van der Waals surface area contributed by atoms with Crippen molar-refractivity contribution < 1.29 is 17.9 Å². The van der Waals surface area contributed by atoms with E-state index in [4.69, 9.17) is 16.3 Å². The van der Waals surface area contributed by atoms with Gasteiger partial charge in [-0.2, -0.15) is 0 Å². The quantitative estimate of drug-likeness (QED) is 0.773. The van der Waals surface area contributed by atoms with Crippen LogP contribution in [0.4, 0.5) is 0 Å². The van der Waals surface area contributed by atoms with E-state index >= 15 is 0 Å². The standard InChI is InChI=1S/C15H21ClN2O4S/c1-23(20,21)18-14(11-4-6-12(16)7-5-11)9-15(19)17-10-13-3-2-8-22-13/h4-7,13-14,18H,2-3,8-10H2,1H3,(H,17,19)/t13-,14-/m0/s1. The predicted molar refractivity (Wildman–Crippen MR) is 88.8 cm³/mol. The van der Waals surface area contributed by atoms with Gasteiger partial charge < -0.3 is 10.1 Å². The minimum atomic E-state index is -3.45. The zero-order valence-corrected chi connectivity index (χ0v) is 14.5. The van der Waals surface area contributed by atoms with E-state index in [1.54, 1.807) is 24.3 Å². The second-order valence-electron chi connectivity index (χ2n) is 5.64. The zero-order chi connectivity index (χ0) is 16.9. The Morgan fingerprint density at radius 1 is 1.39 bits per heavy atom. The van der Waals surface area contributed by atoms with Crippen LogP contribution in [-0.4, -0.2) is 39.8 Å². The molecule has 1 fully saturated rings. The Morgan fingerprint density at radius 3 is 2.65 bits per heavy atom. The maximum atomic E-state index is 12.1. The lowest BCUT2D eigenvalue weighted by atomic mass is 10.0. The van der Waals surface area contributed by atoms with Gasteiger partial charge in [0.2, 0.25) is 15.9 Å². The molecule has 1 aliphatic rings. The lowest BCUT2D eigenvalue weighted by molar-refractivity contribution is -0.122. The maximum Gasteiger partial charge on any atom is 0.222 e. The van der Waals surface area contributed by atoms with Crippen LogP contribution in [-0.2, 0) is 19.6 Å². The van der Waals surface area contributed by atoms with Gasteiger partial charge in [0.25, 0.3) is 0 Å². The van der Waals surface area contributed by atoms with Crippen molar-refractivity contribution in [3.05, 3.63) is 34.9 Å². The van der Waals surface area contributed by atoms with E-state index in [0.717, 1.165) is 25.7 Å². The Morgan fingerprint density at radius 2 is 2.09 bits per heavy atom. The molecular weight excluding hydrogens is 340 g/mol. The van der Waals surface area contributed by atoms with E-state index in [2.05, 4.69) is 10.0 Å². The van der Waals surface area contributed by atoms with Gasteiger partial charge in [-0.25, -0.2) is 13.1 Å². The first kappa shape index (κ1) is 18.2. The number of amides is 1. The summed E-state index contributed by atoms with van der Waals surface area (Å²) in [6.07, 6.45) is 3.07. The molecule has 0 bridgehead atoms. The fraction of sp³-hybridized carbons (Fsp3) is 0.533. The van der Waals surface area contributed by atoms with Crippen LogP contribution in [0.15, 0.2) is 24.3 Å². The van der Waals surface area contributed by atoms with Crippen molar-refractivity contribution in [2.45, 2.75) is 31.4 Å². The normalized spacial score (nSPS) is 19.5. The molecule has 2 rings (SSSR count). The van der Waals surface area contributed by atoms with Gasteiger partial charge in [-0.1, -0.05) is 23.7 Å². The molecule has 2 N–H and O–H groups in total. The second-order valence-corrected chi connectivity index (χ2v) is 7.85. The van der Waals surface area contributed by atoms with Gasteiger partial charge in [-0.3, -0.25) is 4.79 Å². The summed E-state index contributed by atoms with van der Waals surface area (Å²) >= 11 is 5.85. The van der Waals surface area contributed by atoms with Crippen LogP contribution in [0.3, 0.4) is 0 Å². The third-order valence-corrected chi connectivity index (χ3v) is 4.53. The summed E-state index contributed by atoms with van der Waals surface area (Å²) in [5.74, 6) is -0.225. The molecule has 0 radical (unpaired) electrons. The van der Waals surface area contributed by atoms with Crippen molar-refractivity contribution >= 4 is 27.5 Å². The summed E-state index contributed by atoms with van der Waals surface area (Å²) in [6.45, 7) is 1.18. The smallest absolute Gasteiger partial charge is 0.222 e. The molecule has 1 amide bonds. The van der Waals surface area contributed by atoms with E-state index in [-0.39, 0.29) is 18.4 Å². The van der Waals surface area contributed by atoms with E-state index in [1.807, 2.05) is 0 Å². The molecule has 128 valence electrons. The number of ether oxygens (including phenoxy) is 1. The molecule has 23 heavy (non-hydrogen) atoms. The van der Waals surface area contributed by atoms with Crippen LogP contribution in [0.2, 0.25) is 5.02 Å². The minimum Gasteiger partial charge on any atom is -0.376 e. The molecule has 0 aliphatic carbocycles. The zero-order valence-electron chi connectivity index (χ0n) is 12.9. The Kier molecular flexibility index (Phi) is 6.41. The maximum absolute atomic E-state index is 12.1. The summed E-state index contributed by atoms with van der Waals surface area (Å²) in [7, 11) is -3.45. The molecular formula is C15H21ClN2O4S. The van der Waals surface area contributed by atoms with Crippen molar-refractivity contribution in [2.24, 2.45) is 0 Å². The number of carbonyl (C=O) groups excluding carboxylic acids is 1. The van der Waals surface area contributed by atoms with Crippen molar-refractivity contribution in [3.63, 3.8) is 0 Å². The molecule has 0 saturated carbocycles. The number of benzene rings is 1. The molecule has 0 aromatic heterocycles. The number of halogens is 1. The van der Waals surface area contributed by atoms with Gasteiger partial charge in [0.15, 0.2) is 0 Å². The minimum absolute atomic E-state index is 0.0153. The number of rotatable bonds is 7. The molecule has 2 atom stereocenters. The summed E-state index contributed by atoms with van der Waals surface area (Å²) in [5, 5.41) is 3.35. The molecule has 0 unspecified atom stereocenters. The van der Waals surface area contributed by atoms with E-state index in [1.165, 1.54) is 0 Å². The average Bonchev–Trinajstić information content (AvgIpc) is 2.97. The van der Waals surface area contributed by atoms with Crippen molar-refractivity contribution in [2.75, 3.05) is 19.4 Å². The van der Waals surface area contributed by atoms with E-state index in [9.17, 15) is 13.2 Å². The van der Waals surface area contributed by atoms with Crippen LogP contribution in [0.5, 0.6) is 0 Å². The topological polar surface area (TPSA) is 84.5 Å². The van der Waals surface area contributed by atoms with E-state index < -0.39 is 16.1 Å². The first-order valence-corrected chi connectivity index (χ1v) is 9.71.